The number of fused-ring (bicyclic) bond motifs is 1. The van der Waals surface area contributed by atoms with Gasteiger partial charge in [-0.3, -0.25) is 0 Å². The van der Waals surface area contributed by atoms with Crippen LogP contribution in [-0.4, -0.2) is 6.54 Å². The van der Waals surface area contributed by atoms with E-state index in [0.717, 1.165) is 30.9 Å². The van der Waals surface area contributed by atoms with E-state index in [4.69, 9.17) is 9.47 Å². The molecule has 0 spiro atoms. The molecule has 0 saturated carbocycles. The van der Waals surface area contributed by atoms with Crippen molar-refractivity contribution in [2.75, 3.05) is 6.54 Å². The Labute approximate surface area is 196 Å². The molecule has 1 aliphatic heterocycles. The van der Waals surface area contributed by atoms with Gasteiger partial charge in [-0.15, -0.1) is 0 Å². The van der Waals surface area contributed by atoms with E-state index in [1.54, 1.807) is 0 Å². The average Bonchev–Trinajstić information content (AvgIpc) is 2.88. The molecule has 4 aromatic rings. The lowest BCUT2D eigenvalue weighted by atomic mass is 9.90. The molecule has 33 heavy (non-hydrogen) atoms. The highest BCUT2D eigenvalue weighted by molar-refractivity contribution is 5.40. The minimum Gasteiger partial charge on any atom is -0.489 e. The van der Waals surface area contributed by atoms with Gasteiger partial charge in [-0.2, -0.15) is 0 Å². The third-order valence-corrected chi connectivity index (χ3v) is 6.13. The lowest BCUT2D eigenvalue weighted by molar-refractivity contribution is 0.305. The highest BCUT2D eigenvalue weighted by Gasteiger charge is 2.20. The van der Waals surface area contributed by atoms with Crippen molar-refractivity contribution in [3.8, 4) is 11.5 Å². The van der Waals surface area contributed by atoms with Crippen LogP contribution in [0.1, 0.15) is 33.9 Å². The highest BCUT2D eigenvalue weighted by Crippen LogP contribution is 2.30. The minimum atomic E-state index is 0.313. The van der Waals surface area contributed by atoms with Crippen molar-refractivity contribution in [2.24, 2.45) is 0 Å². The Morgan fingerprint density at radius 2 is 1.24 bits per heavy atom. The van der Waals surface area contributed by atoms with E-state index < -0.39 is 0 Å². The maximum absolute atomic E-state index is 6.05. The molecule has 3 heteroatoms. The normalized spacial score (nSPS) is 15.0. The molecule has 166 valence electrons. The summed E-state index contributed by atoms with van der Waals surface area (Å²) >= 11 is 0. The molecule has 1 atom stereocenters. The van der Waals surface area contributed by atoms with E-state index >= 15 is 0 Å². The summed E-state index contributed by atoms with van der Waals surface area (Å²) in [6, 6.07) is 35.9. The summed E-state index contributed by atoms with van der Waals surface area (Å²) in [5, 5.41) is 3.69. The Hall–Kier alpha value is -3.56. The van der Waals surface area contributed by atoms with Crippen molar-refractivity contribution in [1.82, 2.24) is 5.32 Å². The van der Waals surface area contributed by atoms with E-state index in [1.165, 1.54) is 27.8 Å². The van der Waals surface area contributed by atoms with Gasteiger partial charge in [0, 0.05) is 6.04 Å². The third-order valence-electron chi connectivity index (χ3n) is 6.13. The van der Waals surface area contributed by atoms with E-state index in [9.17, 15) is 0 Å². The fourth-order valence-electron chi connectivity index (χ4n) is 4.34. The maximum atomic E-state index is 6.05. The van der Waals surface area contributed by atoms with Crippen molar-refractivity contribution in [1.29, 1.82) is 0 Å². The molecule has 5 rings (SSSR count). The average molecular weight is 436 g/mol. The summed E-state index contributed by atoms with van der Waals surface area (Å²) in [6.45, 7) is 2.17. The fourth-order valence-corrected chi connectivity index (χ4v) is 4.34. The van der Waals surface area contributed by atoms with Crippen molar-refractivity contribution in [3.63, 3.8) is 0 Å². The SMILES string of the molecule is c1ccc(COc2ccc(CC3NCCc4cc(OCc5ccccc5)ccc43)cc2)cc1. The summed E-state index contributed by atoms with van der Waals surface area (Å²) in [5.74, 6) is 1.85. The Morgan fingerprint density at radius 3 is 1.91 bits per heavy atom. The van der Waals surface area contributed by atoms with Crippen LogP contribution in [0.3, 0.4) is 0 Å². The molecule has 1 N–H and O–H groups in total. The third kappa shape index (κ3) is 5.63. The molecule has 0 aromatic heterocycles. The van der Waals surface area contributed by atoms with Crippen LogP contribution < -0.4 is 14.8 Å². The molecule has 1 unspecified atom stereocenters. The molecular formula is C30H29NO2. The zero-order valence-electron chi connectivity index (χ0n) is 18.7. The smallest absolute Gasteiger partial charge is 0.120 e. The largest absolute Gasteiger partial charge is 0.489 e. The molecule has 0 bridgehead atoms. The Balaban J connectivity index is 1.20. The molecule has 4 aromatic carbocycles. The minimum absolute atomic E-state index is 0.313. The van der Waals surface area contributed by atoms with E-state index in [1.807, 2.05) is 36.4 Å². The van der Waals surface area contributed by atoms with Crippen molar-refractivity contribution >= 4 is 0 Å². The van der Waals surface area contributed by atoms with E-state index in [0.29, 0.717) is 19.3 Å². The predicted octanol–water partition coefficient (Wildman–Crippen LogP) is 6.27. The van der Waals surface area contributed by atoms with Crippen LogP contribution in [0.25, 0.3) is 0 Å². The number of hydrogen-bond acceptors (Lipinski definition) is 3. The quantitative estimate of drug-likeness (QED) is 0.354. The van der Waals surface area contributed by atoms with E-state index in [-0.39, 0.29) is 0 Å². The van der Waals surface area contributed by atoms with Gasteiger partial charge < -0.3 is 14.8 Å². The molecular weight excluding hydrogens is 406 g/mol. The van der Waals surface area contributed by atoms with Crippen LogP contribution in [-0.2, 0) is 26.1 Å². The lowest BCUT2D eigenvalue weighted by Crippen LogP contribution is -2.31. The lowest BCUT2D eigenvalue weighted by Gasteiger charge is -2.27. The van der Waals surface area contributed by atoms with Crippen LogP contribution in [0.5, 0.6) is 11.5 Å². The van der Waals surface area contributed by atoms with Crippen molar-refractivity contribution in [3.05, 3.63) is 131 Å². The zero-order valence-corrected chi connectivity index (χ0v) is 18.7. The molecule has 0 fully saturated rings. The van der Waals surface area contributed by atoms with Crippen LogP contribution in [0.15, 0.2) is 103 Å². The molecule has 0 radical (unpaired) electrons. The second kappa shape index (κ2) is 10.4. The number of benzene rings is 4. The molecule has 1 heterocycles. The standard InChI is InChI=1S/C30H29NO2/c1-3-7-24(8-4-1)21-32-27-13-11-23(12-14-27)19-30-29-16-15-28(20-26(29)17-18-31-30)33-22-25-9-5-2-6-10-25/h1-16,20,30-31H,17-19,21-22H2. The molecule has 0 aliphatic carbocycles. The second-order valence-corrected chi connectivity index (χ2v) is 8.51. The first-order chi connectivity index (χ1) is 16.3. The van der Waals surface area contributed by atoms with Gasteiger partial charge in [-0.1, -0.05) is 78.9 Å². The summed E-state index contributed by atoms with van der Waals surface area (Å²) < 4.78 is 12.0. The second-order valence-electron chi connectivity index (χ2n) is 8.51. The Morgan fingerprint density at radius 1 is 0.636 bits per heavy atom. The highest BCUT2D eigenvalue weighted by atomic mass is 16.5. The van der Waals surface area contributed by atoms with Gasteiger partial charge >= 0.3 is 0 Å². The zero-order chi connectivity index (χ0) is 22.3. The van der Waals surface area contributed by atoms with Crippen molar-refractivity contribution < 1.29 is 9.47 Å². The van der Waals surface area contributed by atoms with Gasteiger partial charge in [0.2, 0.25) is 0 Å². The monoisotopic (exact) mass is 435 g/mol. The van der Waals surface area contributed by atoms with Crippen LogP contribution in [0, 0.1) is 0 Å². The maximum Gasteiger partial charge on any atom is 0.120 e. The van der Waals surface area contributed by atoms with Crippen LogP contribution in [0.4, 0.5) is 0 Å². The van der Waals surface area contributed by atoms with Crippen LogP contribution in [0.2, 0.25) is 0 Å². The molecule has 3 nitrogen and oxygen atoms in total. The van der Waals surface area contributed by atoms with Gasteiger partial charge in [-0.05, 0) is 71.5 Å². The summed E-state index contributed by atoms with van der Waals surface area (Å²) in [7, 11) is 0. The first-order valence-corrected chi connectivity index (χ1v) is 11.6. The Bertz CT molecular complexity index is 1160. The molecule has 0 amide bonds. The van der Waals surface area contributed by atoms with Gasteiger partial charge in [0.25, 0.3) is 0 Å². The van der Waals surface area contributed by atoms with E-state index in [2.05, 4.69) is 72.0 Å². The summed E-state index contributed by atoms with van der Waals surface area (Å²) in [4.78, 5) is 0. The number of ether oxygens (including phenoxy) is 2. The van der Waals surface area contributed by atoms with Crippen LogP contribution >= 0.6 is 0 Å². The Kier molecular flexibility index (Phi) is 6.69. The number of hydrogen-bond donors (Lipinski definition) is 1. The van der Waals surface area contributed by atoms with Gasteiger partial charge in [0.05, 0.1) is 0 Å². The molecule has 0 saturated heterocycles. The van der Waals surface area contributed by atoms with Gasteiger partial charge in [0.15, 0.2) is 0 Å². The van der Waals surface area contributed by atoms with Crippen molar-refractivity contribution in [2.45, 2.75) is 32.1 Å². The summed E-state index contributed by atoms with van der Waals surface area (Å²) in [5.41, 5.74) is 6.42. The fraction of sp³-hybridized carbons (Fsp3) is 0.200. The predicted molar refractivity (Wildman–Crippen MR) is 133 cm³/mol. The van der Waals surface area contributed by atoms with Gasteiger partial charge in [-0.25, -0.2) is 0 Å². The topological polar surface area (TPSA) is 30.5 Å². The first-order valence-electron chi connectivity index (χ1n) is 11.6. The number of nitrogens with one attached hydrogen (secondary N) is 1. The first kappa shape index (κ1) is 21.3. The molecule has 1 aliphatic rings. The summed E-state index contributed by atoms with van der Waals surface area (Å²) in [6.07, 6.45) is 1.98. The number of rotatable bonds is 8. The van der Waals surface area contributed by atoms with Gasteiger partial charge in [0.1, 0.15) is 24.7 Å².